The summed E-state index contributed by atoms with van der Waals surface area (Å²) in [7, 11) is 0. The Morgan fingerprint density at radius 1 is 1.26 bits per heavy atom. The lowest BCUT2D eigenvalue weighted by Gasteiger charge is -2.23. The largest absolute Gasteiger partial charge is 0.389 e. The molecule has 0 amide bonds. The minimum Gasteiger partial charge on any atom is -0.389 e. The molecule has 126 valence electrons. The van der Waals surface area contributed by atoms with Crippen molar-refractivity contribution in [2.45, 2.75) is 65.2 Å². The summed E-state index contributed by atoms with van der Waals surface area (Å²) >= 11 is 0. The fourth-order valence-electron chi connectivity index (χ4n) is 3.31. The van der Waals surface area contributed by atoms with E-state index in [4.69, 9.17) is 10.5 Å². The van der Waals surface area contributed by atoms with Gasteiger partial charge in [0.05, 0.1) is 17.7 Å². The molecule has 3 N–H and O–H groups in total. The maximum atomic E-state index is 10.3. The van der Waals surface area contributed by atoms with E-state index >= 15 is 0 Å². The first-order valence-corrected chi connectivity index (χ1v) is 8.37. The van der Waals surface area contributed by atoms with Crippen LogP contribution in [0.1, 0.15) is 50.7 Å². The normalized spacial score (nSPS) is 15.1. The van der Waals surface area contributed by atoms with E-state index in [0.29, 0.717) is 25.6 Å². The fraction of sp³-hybridized carbons (Fsp3) is 0.647. The summed E-state index contributed by atoms with van der Waals surface area (Å²) in [4.78, 5) is 9.25. The summed E-state index contributed by atoms with van der Waals surface area (Å²) in [5, 5.41) is 10.3. The number of nitrogens with zero attached hydrogens (tertiary/aromatic N) is 3. The van der Waals surface area contributed by atoms with Crippen molar-refractivity contribution in [1.29, 1.82) is 0 Å². The van der Waals surface area contributed by atoms with Gasteiger partial charge >= 0.3 is 0 Å². The van der Waals surface area contributed by atoms with Crippen LogP contribution in [-0.2, 0) is 30.7 Å². The molecule has 0 saturated carbocycles. The van der Waals surface area contributed by atoms with Gasteiger partial charge in [0, 0.05) is 12.3 Å². The quantitative estimate of drug-likeness (QED) is 0.882. The number of hydrogen-bond acceptors (Lipinski definition) is 5. The van der Waals surface area contributed by atoms with Crippen molar-refractivity contribution in [3.8, 4) is 0 Å². The number of anilines is 1. The van der Waals surface area contributed by atoms with Crippen LogP contribution in [0.15, 0.2) is 0 Å². The Bertz CT molecular complexity index is 716. The summed E-state index contributed by atoms with van der Waals surface area (Å²) in [6, 6.07) is 0. The lowest BCUT2D eigenvalue weighted by Crippen LogP contribution is -2.27. The van der Waals surface area contributed by atoms with Crippen molar-refractivity contribution in [3.63, 3.8) is 0 Å². The molecule has 0 aliphatic heterocycles. The van der Waals surface area contributed by atoms with Gasteiger partial charge in [-0.1, -0.05) is 0 Å². The molecule has 1 aliphatic rings. The highest BCUT2D eigenvalue weighted by Crippen LogP contribution is 2.32. The summed E-state index contributed by atoms with van der Waals surface area (Å²) in [5.41, 5.74) is 9.42. The monoisotopic (exact) mass is 318 g/mol. The van der Waals surface area contributed by atoms with E-state index < -0.39 is 5.60 Å². The van der Waals surface area contributed by atoms with Crippen molar-refractivity contribution in [1.82, 2.24) is 14.5 Å². The van der Waals surface area contributed by atoms with Crippen LogP contribution in [0.5, 0.6) is 0 Å². The number of ether oxygens (including phenoxy) is 1. The maximum Gasteiger partial charge on any atom is 0.151 e. The number of rotatable bonds is 5. The van der Waals surface area contributed by atoms with Gasteiger partial charge in [0.2, 0.25) is 0 Å². The van der Waals surface area contributed by atoms with Crippen molar-refractivity contribution in [2.24, 2.45) is 0 Å². The van der Waals surface area contributed by atoms with Gasteiger partial charge in [-0.25, -0.2) is 9.97 Å². The number of aromatic nitrogens is 3. The average molecular weight is 318 g/mol. The lowest BCUT2D eigenvalue weighted by atomic mass is 9.94. The third-order valence-electron chi connectivity index (χ3n) is 4.25. The third kappa shape index (κ3) is 3.19. The third-order valence-corrected chi connectivity index (χ3v) is 4.25. The molecule has 0 bridgehead atoms. The predicted octanol–water partition coefficient (Wildman–Crippen LogP) is 2.20. The maximum absolute atomic E-state index is 10.3. The van der Waals surface area contributed by atoms with Crippen LogP contribution < -0.4 is 5.73 Å². The zero-order valence-corrected chi connectivity index (χ0v) is 14.2. The van der Waals surface area contributed by atoms with Gasteiger partial charge < -0.3 is 20.1 Å². The zero-order valence-electron chi connectivity index (χ0n) is 14.2. The molecular weight excluding hydrogens is 292 g/mol. The molecule has 0 spiro atoms. The van der Waals surface area contributed by atoms with Gasteiger partial charge in [-0.05, 0) is 52.0 Å². The van der Waals surface area contributed by atoms with E-state index in [2.05, 4.69) is 14.5 Å². The second-order valence-corrected chi connectivity index (χ2v) is 6.89. The number of pyridine rings is 1. The van der Waals surface area contributed by atoms with E-state index in [1.54, 1.807) is 13.8 Å². The predicted molar refractivity (Wildman–Crippen MR) is 90.2 cm³/mol. The summed E-state index contributed by atoms with van der Waals surface area (Å²) < 4.78 is 7.64. The minimum atomic E-state index is -0.839. The van der Waals surface area contributed by atoms with Gasteiger partial charge in [-0.15, -0.1) is 0 Å². The van der Waals surface area contributed by atoms with Crippen LogP contribution in [0.25, 0.3) is 11.0 Å². The summed E-state index contributed by atoms with van der Waals surface area (Å²) in [6.45, 7) is 7.07. The molecule has 6 nitrogen and oxygen atoms in total. The second-order valence-electron chi connectivity index (χ2n) is 6.89. The Balaban J connectivity index is 2.22. The first kappa shape index (κ1) is 16.2. The Labute approximate surface area is 136 Å². The standard InChI is InChI=1S/C17H26N4O2/c1-4-23-9-13-20-14-15(21(13)10-17(2,3)22)11-7-5-6-8-12(11)19-16(14)18/h22H,4-10H2,1-3H3,(H2,18,19). The van der Waals surface area contributed by atoms with Crippen LogP contribution in [-0.4, -0.2) is 31.8 Å². The molecule has 0 radical (unpaired) electrons. The first-order valence-electron chi connectivity index (χ1n) is 8.37. The Morgan fingerprint density at radius 2 is 2.00 bits per heavy atom. The van der Waals surface area contributed by atoms with Gasteiger partial charge in [-0.2, -0.15) is 0 Å². The molecule has 0 saturated heterocycles. The molecule has 2 aromatic rings. The topological polar surface area (TPSA) is 86.2 Å². The molecule has 3 rings (SSSR count). The van der Waals surface area contributed by atoms with Gasteiger partial charge in [0.25, 0.3) is 0 Å². The second kappa shape index (κ2) is 6.09. The van der Waals surface area contributed by atoms with Crippen LogP contribution in [0, 0.1) is 0 Å². The van der Waals surface area contributed by atoms with Gasteiger partial charge in [-0.3, -0.25) is 0 Å². The molecule has 2 aromatic heterocycles. The molecule has 0 atom stereocenters. The van der Waals surface area contributed by atoms with Crippen molar-refractivity contribution < 1.29 is 9.84 Å². The SMILES string of the molecule is CCOCc1nc2c(N)nc3c(c2n1CC(C)(C)O)CCCC3. The molecular formula is C17H26N4O2. The average Bonchev–Trinajstić information content (AvgIpc) is 2.83. The number of aliphatic hydroxyl groups is 1. The van der Waals surface area contributed by atoms with E-state index in [9.17, 15) is 5.11 Å². The van der Waals surface area contributed by atoms with E-state index in [-0.39, 0.29) is 0 Å². The Morgan fingerprint density at radius 3 is 2.70 bits per heavy atom. The van der Waals surface area contributed by atoms with Crippen LogP contribution >= 0.6 is 0 Å². The van der Waals surface area contributed by atoms with E-state index in [1.165, 1.54) is 5.56 Å². The molecule has 6 heteroatoms. The van der Waals surface area contributed by atoms with Crippen molar-refractivity contribution >= 4 is 16.9 Å². The lowest BCUT2D eigenvalue weighted by molar-refractivity contribution is 0.0581. The molecule has 2 heterocycles. The highest BCUT2D eigenvalue weighted by atomic mass is 16.5. The molecule has 0 fully saturated rings. The highest BCUT2D eigenvalue weighted by molar-refractivity contribution is 5.89. The smallest absolute Gasteiger partial charge is 0.151 e. The Hall–Kier alpha value is -1.66. The number of hydrogen-bond donors (Lipinski definition) is 2. The minimum absolute atomic E-state index is 0.412. The van der Waals surface area contributed by atoms with Crippen LogP contribution in [0.3, 0.4) is 0 Å². The van der Waals surface area contributed by atoms with Crippen molar-refractivity contribution in [3.05, 3.63) is 17.1 Å². The number of nitrogens with two attached hydrogens (primary N) is 1. The number of aryl methyl sites for hydroxylation is 2. The van der Waals surface area contributed by atoms with Crippen LogP contribution in [0.4, 0.5) is 5.82 Å². The highest BCUT2D eigenvalue weighted by Gasteiger charge is 2.25. The number of nitrogen functional groups attached to an aromatic ring is 1. The van der Waals surface area contributed by atoms with E-state index in [0.717, 1.165) is 48.2 Å². The fourth-order valence-corrected chi connectivity index (χ4v) is 3.31. The van der Waals surface area contributed by atoms with Gasteiger partial charge in [0.1, 0.15) is 17.9 Å². The molecule has 0 aromatic carbocycles. The number of imidazole rings is 1. The zero-order chi connectivity index (χ0) is 16.6. The van der Waals surface area contributed by atoms with E-state index in [1.807, 2.05) is 6.92 Å². The van der Waals surface area contributed by atoms with Crippen LogP contribution in [0.2, 0.25) is 0 Å². The summed E-state index contributed by atoms with van der Waals surface area (Å²) in [5.74, 6) is 1.28. The number of fused-ring (bicyclic) bond motifs is 3. The Kier molecular flexibility index (Phi) is 4.29. The summed E-state index contributed by atoms with van der Waals surface area (Å²) in [6.07, 6.45) is 4.26. The van der Waals surface area contributed by atoms with Gasteiger partial charge in [0.15, 0.2) is 5.82 Å². The molecule has 23 heavy (non-hydrogen) atoms. The van der Waals surface area contributed by atoms with Crippen molar-refractivity contribution in [2.75, 3.05) is 12.3 Å². The first-order chi connectivity index (χ1) is 10.9. The molecule has 0 unspecified atom stereocenters. The molecule has 1 aliphatic carbocycles.